The number of aromatic nitrogens is 3. The molecule has 0 aliphatic heterocycles. The molecule has 2 aliphatic carbocycles. The lowest BCUT2D eigenvalue weighted by Gasteiger charge is -2.15. The molecule has 33 heavy (non-hydrogen) atoms. The first-order chi connectivity index (χ1) is 16.0. The maximum atomic E-state index is 9.94. The quantitative estimate of drug-likeness (QED) is 0.332. The number of carboxylic acid groups (broad SMARTS) is 1. The third kappa shape index (κ3) is 4.80. The van der Waals surface area contributed by atoms with Gasteiger partial charge in [0.2, 0.25) is 0 Å². The summed E-state index contributed by atoms with van der Waals surface area (Å²) in [5.41, 5.74) is 6.09. The summed E-state index contributed by atoms with van der Waals surface area (Å²) in [6, 6.07) is 18.2. The summed E-state index contributed by atoms with van der Waals surface area (Å²) in [6.45, 7) is 1.90. The first kappa shape index (κ1) is 21.3. The van der Waals surface area contributed by atoms with Crippen LogP contribution >= 0.6 is 0 Å². The Kier molecular flexibility index (Phi) is 5.67. The molecule has 0 unspecified atom stereocenters. The number of H-pyrrole nitrogens is 1. The number of nitrogens with one attached hydrogen (secondary N) is 2. The van der Waals surface area contributed by atoms with Crippen molar-refractivity contribution < 1.29 is 9.90 Å². The van der Waals surface area contributed by atoms with Gasteiger partial charge in [-0.05, 0) is 72.9 Å². The van der Waals surface area contributed by atoms with Gasteiger partial charge >= 0.3 is 6.09 Å². The molecule has 0 bridgehead atoms. The largest absolute Gasteiger partial charge is 0.465 e. The lowest BCUT2D eigenvalue weighted by atomic mass is 10.0. The standard InChI is InChI=1S/C22H21N3.C5H9NO2/c1-2-4-20(3-1)25-15-23-14-22(25)17-7-5-16(6-8-17)18-9-10-21-19(13-18)11-12-24-21;1-5(2-3-5)6-4(7)8/h5-15,20,24H,1-4H2;6H,2-3H2,1H3,(H,7,8). The number of rotatable bonds is 4. The van der Waals surface area contributed by atoms with Gasteiger partial charge in [0, 0.05) is 23.3 Å². The highest BCUT2D eigenvalue weighted by atomic mass is 16.4. The molecule has 0 radical (unpaired) electrons. The van der Waals surface area contributed by atoms with Crippen LogP contribution in [0.25, 0.3) is 33.3 Å². The van der Waals surface area contributed by atoms with Crippen molar-refractivity contribution in [3.8, 4) is 22.4 Å². The molecule has 2 aliphatic rings. The Morgan fingerprint density at radius 2 is 1.76 bits per heavy atom. The number of imidazole rings is 1. The molecule has 170 valence electrons. The Morgan fingerprint density at radius 1 is 1.06 bits per heavy atom. The minimum absolute atomic E-state index is 0.0775. The van der Waals surface area contributed by atoms with Crippen molar-refractivity contribution in [1.29, 1.82) is 0 Å². The van der Waals surface area contributed by atoms with E-state index in [0.717, 1.165) is 12.8 Å². The number of hydrogen-bond acceptors (Lipinski definition) is 2. The van der Waals surface area contributed by atoms with Crippen molar-refractivity contribution in [3.05, 3.63) is 67.3 Å². The second-order valence-corrected chi connectivity index (χ2v) is 9.47. The number of hydrogen-bond donors (Lipinski definition) is 3. The third-order valence-electron chi connectivity index (χ3n) is 6.86. The summed E-state index contributed by atoms with van der Waals surface area (Å²) in [7, 11) is 0. The molecule has 2 aromatic heterocycles. The monoisotopic (exact) mass is 442 g/mol. The molecule has 2 fully saturated rings. The molecule has 0 saturated heterocycles. The maximum Gasteiger partial charge on any atom is 0.405 e. The molecule has 6 nitrogen and oxygen atoms in total. The summed E-state index contributed by atoms with van der Waals surface area (Å²) in [5, 5.41) is 11.8. The van der Waals surface area contributed by atoms with Gasteiger partial charge in [-0.1, -0.05) is 43.2 Å². The van der Waals surface area contributed by atoms with Crippen LogP contribution in [0.1, 0.15) is 51.5 Å². The van der Waals surface area contributed by atoms with Crippen molar-refractivity contribution in [1.82, 2.24) is 19.9 Å². The Balaban J connectivity index is 0.000000243. The fourth-order valence-electron chi connectivity index (χ4n) is 4.64. The average molecular weight is 443 g/mol. The van der Waals surface area contributed by atoms with E-state index >= 15 is 0 Å². The highest BCUT2D eigenvalue weighted by Gasteiger charge is 2.38. The van der Waals surface area contributed by atoms with Crippen LogP contribution in [-0.4, -0.2) is 31.3 Å². The van der Waals surface area contributed by atoms with Gasteiger partial charge in [0.05, 0.1) is 18.2 Å². The molecule has 1 amide bonds. The molecule has 2 heterocycles. The van der Waals surface area contributed by atoms with E-state index in [-0.39, 0.29) is 5.54 Å². The molecule has 2 aromatic carbocycles. The normalized spacial score (nSPS) is 16.9. The van der Waals surface area contributed by atoms with E-state index in [1.807, 2.05) is 25.6 Å². The molecule has 2 saturated carbocycles. The van der Waals surface area contributed by atoms with Crippen molar-refractivity contribution in [3.63, 3.8) is 0 Å². The highest BCUT2D eigenvalue weighted by Crippen LogP contribution is 2.35. The van der Waals surface area contributed by atoms with E-state index in [1.165, 1.54) is 59.0 Å². The lowest BCUT2D eigenvalue weighted by Crippen LogP contribution is -2.32. The van der Waals surface area contributed by atoms with Crippen LogP contribution in [0.15, 0.2) is 67.3 Å². The summed E-state index contributed by atoms with van der Waals surface area (Å²) >= 11 is 0. The third-order valence-corrected chi connectivity index (χ3v) is 6.86. The van der Waals surface area contributed by atoms with Crippen molar-refractivity contribution in [2.24, 2.45) is 0 Å². The molecule has 4 aromatic rings. The van der Waals surface area contributed by atoms with E-state index in [2.05, 4.69) is 68.4 Å². The van der Waals surface area contributed by atoms with E-state index < -0.39 is 6.09 Å². The van der Waals surface area contributed by atoms with Gasteiger partial charge < -0.3 is 20.0 Å². The Hall–Kier alpha value is -3.54. The number of amides is 1. The van der Waals surface area contributed by atoms with Gasteiger partial charge in [0.1, 0.15) is 0 Å². The Labute approximate surface area is 193 Å². The van der Waals surface area contributed by atoms with E-state index in [9.17, 15) is 4.79 Å². The second kappa shape index (κ2) is 8.77. The van der Waals surface area contributed by atoms with Crippen molar-refractivity contribution in [2.45, 2.75) is 57.0 Å². The zero-order valence-corrected chi connectivity index (χ0v) is 18.9. The van der Waals surface area contributed by atoms with Crippen LogP contribution in [0.4, 0.5) is 4.79 Å². The van der Waals surface area contributed by atoms with Crippen LogP contribution in [0.5, 0.6) is 0 Å². The highest BCUT2D eigenvalue weighted by molar-refractivity contribution is 5.85. The first-order valence-corrected chi connectivity index (χ1v) is 11.7. The Bertz CT molecular complexity index is 1240. The van der Waals surface area contributed by atoms with E-state index in [1.54, 1.807) is 0 Å². The van der Waals surface area contributed by atoms with Gasteiger partial charge in [-0.15, -0.1) is 0 Å². The number of aromatic amines is 1. The minimum atomic E-state index is -0.912. The van der Waals surface area contributed by atoms with Crippen LogP contribution in [-0.2, 0) is 0 Å². The molecule has 6 heteroatoms. The van der Waals surface area contributed by atoms with E-state index in [0.29, 0.717) is 6.04 Å². The van der Waals surface area contributed by atoms with Gasteiger partial charge in [0.15, 0.2) is 0 Å². The number of nitrogens with zero attached hydrogens (tertiary/aromatic N) is 2. The van der Waals surface area contributed by atoms with Crippen LogP contribution in [0.2, 0.25) is 0 Å². The molecular formula is C27H30N4O2. The lowest BCUT2D eigenvalue weighted by molar-refractivity contribution is 0.189. The van der Waals surface area contributed by atoms with Gasteiger partial charge in [-0.25, -0.2) is 9.78 Å². The first-order valence-electron chi connectivity index (χ1n) is 11.7. The number of benzene rings is 2. The molecule has 3 N–H and O–H groups in total. The number of carbonyl (C=O) groups is 1. The van der Waals surface area contributed by atoms with E-state index in [4.69, 9.17) is 5.11 Å². The zero-order valence-electron chi connectivity index (χ0n) is 18.9. The molecule has 6 rings (SSSR count). The number of fused-ring (bicyclic) bond motifs is 1. The van der Waals surface area contributed by atoms with Crippen LogP contribution in [0.3, 0.4) is 0 Å². The van der Waals surface area contributed by atoms with Crippen LogP contribution < -0.4 is 5.32 Å². The molecular weight excluding hydrogens is 412 g/mol. The summed E-state index contributed by atoms with van der Waals surface area (Å²) in [4.78, 5) is 17.6. The molecule has 0 spiro atoms. The average Bonchev–Trinajstić information content (AvgIpc) is 3.32. The SMILES string of the molecule is CC1(NC(=O)O)CC1.c1cc2cc(-c3ccc(-c4cncn4C4CCCC4)cc3)ccc2[nH]1. The summed E-state index contributed by atoms with van der Waals surface area (Å²) in [5.74, 6) is 0. The van der Waals surface area contributed by atoms with Crippen LogP contribution in [0, 0.1) is 0 Å². The molecule has 0 atom stereocenters. The van der Waals surface area contributed by atoms with Crippen molar-refractivity contribution >= 4 is 17.0 Å². The topological polar surface area (TPSA) is 82.9 Å². The van der Waals surface area contributed by atoms with Gasteiger partial charge in [-0.2, -0.15) is 0 Å². The predicted octanol–water partition coefficient (Wildman–Crippen LogP) is 6.62. The summed E-state index contributed by atoms with van der Waals surface area (Å²) < 4.78 is 2.37. The second-order valence-electron chi connectivity index (χ2n) is 9.47. The van der Waals surface area contributed by atoms with Crippen molar-refractivity contribution in [2.75, 3.05) is 0 Å². The fourth-order valence-corrected chi connectivity index (χ4v) is 4.64. The van der Waals surface area contributed by atoms with Gasteiger partial charge in [0.25, 0.3) is 0 Å². The fraction of sp³-hybridized carbons (Fsp3) is 0.333. The smallest absolute Gasteiger partial charge is 0.405 e. The minimum Gasteiger partial charge on any atom is -0.465 e. The zero-order chi connectivity index (χ0) is 22.8. The maximum absolute atomic E-state index is 9.94. The summed E-state index contributed by atoms with van der Waals surface area (Å²) in [6.07, 6.45) is 12.3. The predicted molar refractivity (Wildman–Crippen MR) is 131 cm³/mol. The Morgan fingerprint density at radius 3 is 2.42 bits per heavy atom. The van der Waals surface area contributed by atoms with Gasteiger partial charge in [-0.3, -0.25) is 0 Å².